The lowest BCUT2D eigenvalue weighted by Gasteiger charge is -2.09. The van der Waals surface area contributed by atoms with Crippen LogP contribution in [0.5, 0.6) is 0 Å². The van der Waals surface area contributed by atoms with Crippen molar-refractivity contribution in [2.24, 2.45) is 5.73 Å². The molecule has 2 aromatic carbocycles. The molecule has 2 aromatic rings. The SMILES string of the molecule is NCc1cccc(Cl)c1Sc1cccc(Br)c1. The number of hydrogen-bond donors (Lipinski definition) is 1. The number of nitrogens with two attached hydrogens (primary N) is 1. The van der Waals surface area contributed by atoms with Crippen LogP contribution in [-0.4, -0.2) is 0 Å². The first-order chi connectivity index (χ1) is 8.20. The largest absolute Gasteiger partial charge is 0.326 e. The first kappa shape index (κ1) is 13.0. The predicted octanol–water partition coefficient (Wildman–Crippen LogP) is 4.71. The Hall–Kier alpha value is -0.480. The van der Waals surface area contributed by atoms with Crippen molar-refractivity contribution in [1.82, 2.24) is 0 Å². The quantitative estimate of drug-likeness (QED) is 0.883. The molecule has 17 heavy (non-hydrogen) atoms. The van der Waals surface area contributed by atoms with E-state index in [-0.39, 0.29) is 0 Å². The summed E-state index contributed by atoms with van der Waals surface area (Å²) in [7, 11) is 0. The molecule has 2 N–H and O–H groups in total. The lowest BCUT2D eigenvalue weighted by molar-refractivity contribution is 1.03. The van der Waals surface area contributed by atoms with Gasteiger partial charge in [0.1, 0.15) is 0 Å². The molecule has 0 spiro atoms. The van der Waals surface area contributed by atoms with Gasteiger partial charge in [-0.2, -0.15) is 0 Å². The maximum absolute atomic E-state index is 6.21. The highest BCUT2D eigenvalue weighted by molar-refractivity contribution is 9.10. The molecule has 4 heteroatoms. The zero-order valence-corrected chi connectivity index (χ0v) is 12.1. The van der Waals surface area contributed by atoms with Gasteiger partial charge in [-0.1, -0.05) is 57.5 Å². The zero-order valence-electron chi connectivity index (χ0n) is 8.99. The monoisotopic (exact) mass is 327 g/mol. The third kappa shape index (κ3) is 3.26. The van der Waals surface area contributed by atoms with Crippen LogP contribution >= 0.6 is 39.3 Å². The highest BCUT2D eigenvalue weighted by Gasteiger charge is 2.07. The Bertz CT molecular complexity index is 531. The van der Waals surface area contributed by atoms with Crippen LogP contribution in [0.1, 0.15) is 5.56 Å². The van der Waals surface area contributed by atoms with Gasteiger partial charge in [0.2, 0.25) is 0 Å². The van der Waals surface area contributed by atoms with Gasteiger partial charge >= 0.3 is 0 Å². The fourth-order valence-electron chi connectivity index (χ4n) is 1.48. The van der Waals surface area contributed by atoms with Gasteiger partial charge in [-0.15, -0.1) is 0 Å². The highest BCUT2D eigenvalue weighted by Crippen LogP contribution is 2.36. The smallest absolute Gasteiger partial charge is 0.0548 e. The van der Waals surface area contributed by atoms with E-state index in [1.807, 2.05) is 30.3 Å². The summed E-state index contributed by atoms with van der Waals surface area (Å²) in [5, 5.41) is 0.748. The molecule has 0 aliphatic carbocycles. The Morgan fingerprint density at radius 1 is 1.18 bits per heavy atom. The van der Waals surface area contributed by atoms with E-state index >= 15 is 0 Å². The van der Waals surface area contributed by atoms with Crippen LogP contribution in [0.2, 0.25) is 5.02 Å². The van der Waals surface area contributed by atoms with Gasteiger partial charge in [0.05, 0.1) is 5.02 Å². The molecule has 1 nitrogen and oxygen atoms in total. The van der Waals surface area contributed by atoms with Crippen molar-refractivity contribution in [3.05, 3.63) is 57.5 Å². The molecule has 0 saturated carbocycles. The van der Waals surface area contributed by atoms with Crippen molar-refractivity contribution >= 4 is 39.3 Å². The van der Waals surface area contributed by atoms with Gasteiger partial charge in [-0.05, 0) is 29.8 Å². The maximum atomic E-state index is 6.21. The normalized spacial score (nSPS) is 10.5. The zero-order chi connectivity index (χ0) is 12.3. The van der Waals surface area contributed by atoms with Crippen LogP contribution in [0.25, 0.3) is 0 Å². The van der Waals surface area contributed by atoms with Crippen LogP contribution in [0.15, 0.2) is 56.7 Å². The molecule has 88 valence electrons. The second-order valence-electron chi connectivity index (χ2n) is 3.49. The van der Waals surface area contributed by atoms with Crippen molar-refractivity contribution in [3.8, 4) is 0 Å². The lowest BCUT2D eigenvalue weighted by atomic mass is 10.2. The molecule has 0 bridgehead atoms. The summed E-state index contributed by atoms with van der Waals surface area (Å²) in [6, 6.07) is 13.9. The van der Waals surface area contributed by atoms with Crippen LogP contribution in [0.4, 0.5) is 0 Å². The number of halogens is 2. The summed E-state index contributed by atoms with van der Waals surface area (Å²) in [4.78, 5) is 2.18. The molecular formula is C13H11BrClNS. The molecule has 0 saturated heterocycles. The fraction of sp³-hybridized carbons (Fsp3) is 0.0769. The minimum Gasteiger partial charge on any atom is -0.326 e. The topological polar surface area (TPSA) is 26.0 Å². The average molecular weight is 329 g/mol. The van der Waals surface area contributed by atoms with Gasteiger partial charge in [0.25, 0.3) is 0 Å². The Kier molecular flexibility index (Phi) is 4.51. The van der Waals surface area contributed by atoms with E-state index in [1.165, 1.54) is 0 Å². The molecule has 0 aromatic heterocycles. The Morgan fingerprint density at radius 3 is 2.65 bits per heavy atom. The van der Waals surface area contributed by atoms with Crippen molar-refractivity contribution in [2.75, 3.05) is 0 Å². The lowest BCUT2D eigenvalue weighted by Crippen LogP contribution is -1.98. The number of rotatable bonds is 3. The summed E-state index contributed by atoms with van der Waals surface area (Å²) in [6.07, 6.45) is 0. The van der Waals surface area contributed by atoms with E-state index in [4.69, 9.17) is 17.3 Å². The first-order valence-corrected chi connectivity index (χ1v) is 7.10. The van der Waals surface area contributed by atoms with Crippen LogP contribution in [0.3, 0.4) is 0 Å². The van der Waals surface area contributed by atoms with Crippen LogP contribution < -0.4 is 5.73 Å². The maximum Gasteiger partial charge on any atom is 0.0548 e. The Balaban J connectivity index is 2.35. The van der Waals surface area contributed by atoms with Gasteiger partial charge in [-0.3, -0.25) is 0 Å². The van der Waals surface area contributed by atoms with E-state index < -0.39 is 0 Å². The van der Waals surface area contributed by atoms with Crippen LogP contribution in [0, 0.1) is 0 Å². The van der Waals surface area contributed by atoms with E-state index in [0.717, 1.165) is 24.8 Å². The van der Waals surface area contributed by atoms with Crippen LogP contribution in [-0.2, 0) is 6.54 Å². The second-order valence-corrected chi connectivity index (χ2v) is 5.90. The van der Waals surface area contributed by atoms with E-state index in [1.54, 1.807) is 11.8 Å². The Morgan fingerprint density at radius 2 is 1.94 bits per heavy atom. The minimum atomic E-state index is 0.497. The summed E-state index contributed by atoms with van der Waals surface area (Å²) < 4.78 is 1.06. The number of benzene rings is 2. The predicted molar refractivity (Wildman–Crippen MR) is 77.6 cm³/mol. The molecule has 0 heterocycles. The van der Waals surface area contributed by atoms with Gasteiger partial charge in [-0.25, -0.2) is 0 Å². The van der Waals surface area contributed by atoms with Gasteiger partial charge in [0.15, 0.2) is 0 Å². The van der Waals surface area contributed by atoms with Gasteiger partial charge < -0.3 is 5.73 Å². The highest BCUT2D eigenvalue weighted by atomic mass is 79.9. The summed E-state index contributed by atoms with van der Waals surface area (Å²) in [5.41, 5.74) is 6.79. The van der Waals surface area contributed by atoms with Crippen molar-refractivity contribution in [2.45, 2.75) is 16.3 Å². The third-order valence-corrected chi connectivity index (χ3v) is 4.38. The van der Waals surface area contributed by atoms with E-state index in [0.29, 0.717) is 6.54 Å². The second kappa shape index (κ2) is 5.91. The Labute approximate surface area is 118 Å². The van der Waals surface area contributed by atoms with Gasteiger partial charge in [0, 0.05) is 20.8 Å². The molecule has 0 atom stereocenters. The average Bonchev–Trinajstić information content (AvgIpc) is 2.32. The number of hydrogen-bond acceptors (Lipinski definition) is 2. The molecule has 0 aliphatic heterocycles. The third-order valence-electron chi connectivity index (χ3n) is 2.28. The summed E-state index contributed by atoms with van der Waals surface area (Å²) >= 11 is 11.3. The summed E-state index contributed by atoms with van der Waals surface area (Å²) in [6.45, 7) is 0.497. The fourth-order valence-corrected chi connectivity index (χ4v) is 3.35. The minimum absolute atomic E-state index is 0.497. The van der Waals surface area contributed by atoms with E-state index in [9.17, 15) is 0 Å². The first-order valence-electron chi connectivity index (χ1n) is 5.11. The molecule has 0 fully saturated rings. The molecule has 0 unspecified atom stereocenters. The summed E-state index contributed by atoms with van der Waals surface area (Å²) in [5.74, 6) is 0. The van der Waals surface area contributed by atoms with Crippen molar-refractivity contribution in [1.29, 1.82) is 0 Å². The van der Waals surface area contributed by atoms with E-state index in [2.05, 4.69) is 28.1 Å². The molecular weight excluding hydrogens is 318 g/mol. The molecule has 0 amide bonds. The standard InChI is InChI=1S/C13H11BrClNS/c14-10-4-2-5-11(7-10)17-13-9(8-16)3-1-6-12(13)15/h1-7H,8,16H2. The van der Waals surface area contributed by atoms with Crippen molar-refractivity contribution < 1.29 is 0 Å². The van der Waals surface area contributed by atoms with Crippen molar-refractivity contribution in [3.63, 3.8) is 0 Å². The molecule has 0 aliphatic rings. The molecule has 0 radical (unpaired) electrons. The molecule has 2 rings (SSSR count).